The second-order valence-electron chi connectivity index (χ2n) is 6.39. The number of nitrogens with zero attached hydrogens (tertiary/aromatic N) is 5. The van der Waals surface area contributed by atoms with Gasteiger partial charge in [-0.05, 0) is 30.5 Å². The molecule has 2 aromatic heterocycles. The van der Waals surface area contributed by atoms with Gasteiger partial charge in [0, 0.05) is 19.3 Å². The van der Waals surface area contributed by atoms with E-state index in [-0.39, 0.29) is 0 Å². The molecule has 0 bridgehead atoms. The predicted octanol–water partition coefficient (Wildman–Crippen LogP) is 3.39. The first-order valence-electron chi connectivity index (χ1n) is 8.91. The lowest BCUT2D eigenvalue weighted by molar-refractivity contribution is 0.896. The number of hydrogen-bond acceptors (Lipinski definition) is 6. The average Bonchev–Trinajstić information content (AvgIpc) is 3.23. The van der Waals surface area contributed by atoms with Gasteiger partial charge in [0.25, 0.3) is 0 Å². The van der Waals surface area contributed by atoms with Crippen LogP contribution in [0.5, 0.6) is 0 Å². The Morgan fingerprint density at radius 3 is 2.42 bits per heavy atom. The number of benzene rings is 1. The quantitative estimate of drug-likeness (QED) is 0.763. The minimum Gasteiger partial charge on any atom is -0.393 e. The summed E-state index contributed by atoms with van der Waals surface area (Å²) in [6, 6.07) is 16.1. The van der Waals surface area contributed by atoms with Crippen LogP contribution in [0.1, 0.15) is 18.4 Å². The topological polar surface area (TPSA) is 71.2 Å². The molecule has 2 N–H and O–H groups in total. The van der Waals surface area contributed by atoms with Gasteiger partial charge in [0.15, 0.2) is 11.6 Å². The first-order valence-corrected chi connectivity index (χ1v) is 8.91. The van der Waals surface area contributed by atoms with Crippen LogP contribution >= 0.6 is 0 Å². The van der Waals surface area contributed by atoms with Crippen molar-refractivity contribution < 1.29 is 0 Å². The van der Waals surface area contributed by atoms with Gasteiger partial charge in [-0.3, -0.25) is 0 Å². The fourth-order valence-electron chi connectivity index (χ4n) is 3.32. The summed E-state index contributed by atoms with van der Waals surface area (Å²) in [7, 11) is 0. The highest BCUT2D eigenvalue weighted by atomic mass is 15.3. The van der Waals surface area contributed by atoms with Crippen molar-refractivity contribution in [2.75, 3.05) is 28.6 Å². The number of nitrogens with two attached hydrogens (primary N) is 1. The van der Waals surface area contributed by atoms with E-state index in [9.17, 15) is 0 Å². The Balaban J connectivity index is 1.75. The van der Waals surface area contributed by atoms with E-state index in [1.807, 2.05) is 41.3 Å². The molecule has 3 heterocycles. The van der Waals surface area contributed by atoms with Crippen LogP contribution in [-0.2, 0) is 6.54 Å². The minimum absolute atomic E-state index is 0.607. The summed E-state index contributed by atoms with van der Waals surface area (Å²) in [6.07, 6.45) is 5.73. The summed E-state index contributed by atoms with van der Waals surface area (Å²) in [5.41, 5.74) is 8.29. The Kier molecular flexibility index (Phi) is 4.64. The molecule has 1 aliphatic rings. The van der Waals surface area contributed by atoms with Crippen LogP contribution in [-0.4, -0.2) is 28.0 Å². The highest BCUT2D eigenvalue weighted by molar-refractivity contribution is 5.79. The number of rotatable bonds is 5. The molecular weight excluding hydrogens is 324 g/mol. The van der Waals surface area contributed by atoms with Gasteiger partial charge in [0.1, 0.15) is 17.8 Å². The van der Waals surface area contributed by atoms with E-state index in [0.717, 1.165) is 24.7 Å². The Morgan fingerprint density at radius 2 is 1.69 bits per heavy atom. The highest BCUT2D eigenvalue weighted by Crippen LogP contribution is 2.34. The normalized spacial score (nSPS) is 13.8. The van der Waals surface area contributed by atoms with Crippen LogP contribution in [0.2, 0.25) is 0 Å². The molecule has 0 radical (unpaired) electrons. The maximum Gasteiger partial charge on any atom is 0.163 e. The molecule has 6 nitrogen and oxygen atoms in total. The van der Waals surface area contributed by atoms with Gasteiger partial charge in [-0.1, -0.05) is 36.4 Å². The zero-order valence-electron chi connectivity index (χ0n) is 14.6. The van der Waals surface area contributed by atoms with Crippen molar-refractivity contribution in [1.82, 2.24) is 15.0 Å². The Morgan fingerprint density at radius 1 is 0.923 bits per heavy atom. The first-order chi connectivity index (χ1) is 12.8. The highest BCUT2D eigenvalue weighted by Gasteiger charge is 2.22. The molecule has 0 saturated carbocycles. The summed E-state index contributed by atoms with van der Waals surface area (Å²) >= 11 is 0. The van der Waals surface area contributed by atoms with Crippen molar-refractivity contribution in [3.63, 3.8) is 0 Å². The average molecular weight is 346 g/mol. The maximum absolute atomic E-state index is 6.52. The van der Waals surface area contributed by atoms with Crippen LogP contribution in [0, 0.1) is 0 Å². The molecule has 26 heavy (non-hydrogen) atoms. The number of pyridine rings is 1. The van der Waals surface area contributed by atoms with Gasteiger partial charge >= 0.3 is 0 Å². The predicted molar refractivity (Wildman–Crippen MR) is 104 cm³/mol. The summed E-state index contributed by atoms with van der Waals surface area (Å²) < 4.78 is 0. The molecule has 1 fully saturated rings. The summed E-state index contributed by atoms with van der Waals surface area (Å²) in [4.78, 5) is 17.8. The fourth-order valence-corrected chi connectivity index (χ4v) is 3.32. The monoisotopic (exact) mass is 346 g/mol. The lowest BCUT2D eigenvalue weighted by atomic mass is 10.2. The van der Waals surface area contributed by atoms with Crippen molar-refractivity contribution in [1.29, 1.82) is 0 Å². The third-order valence-corrected chi connectivity index (χ3v) is 4.61. The molecule has 0 amide bonds. The van der Waals surface area contributed by atoms with E-state index >= 15 is 0 Å². The summed E-state index contributed by atoms with van der Waals surface area (Å²) in [6.45, 7) is 2.62. The van der Waals surface area contributed by atoms with Crippen LogP contribution in [0.4, 0.5) is 23.1 Å². The van der Waals surface area contributed by atoms with Gasteiger partial charge in [-0.15, -0.1) is 0 Å². The standard InChI is InChI=1S/C20H22N6/c21-18-19(25-12-6-7-13-25)23-15-24-20(18)26(17-10-4-5-11-22-17)14-16-8-2-1-3-9-16/h1-5,8-11,15H,6-7,12-14,21H2. The van der Waals surface area contributed by atoms with Crippen molar-refractivity contribution in [2.45, 2.75) is 19.4 Å². The molecule has 0 aliphatic carbocycles. The van der Waals surface area contributed by atoms with Crippen LogP contribution in [0.25, 0.3) is 0 Å². The van der Waals surface area contributed by atoms with E-state index < -0.39 is 0 Å². The van der Waals surface area contributed by atoms with E-state index in [2.05, 4.69) is 32.0 Å². The van der Waals surface area contributed by atoms with Crippen LogP contribution in [0.15, 0.2) is 61.1 Å². The van der Waals surface area contributed by atoms with Crippen molar-refractivity contribution in [2.24, 2.45) is 0 Å². The van der Waals surface area contributed by atoms with Gasteiger partial charge in [0.05, 0.1) is 6.54 Å². The molecule has 1 saturated heterocycles. The summed E-state index contributed by atoms with van der Waals surface area (Å²) in [5.74, 6) is 2.33. The minimum atomic E-state index is 0.607. The largest absolute Gasteiger partial charge is 0.393 e. The van der Waals surface area contributed by atoms with Gasteiger partial charge in [-0.25, -0.2) is 15.0 Å². The molecule has 3 aromatic rings. The van der Waals surface area contributed by atoms with Gasteiger partial charge < -0.3 is 15.5 Å². The maximum atomic E-state index is 6.52. The van der Waals surface area contributed by atoms with E-state index in [1.165, 1.54) is 18.4 Å². The molecule has 0 atom stereocenters. The van der Waals surface area contributed by atoms with E-state index in [0.29, 0.717) is 18.1 Å². The number of aromatic nitrogens is 3. The Hall–Kier alpha value is -3.15. The first kappa shape index (κ1) is 16.3. The third-order valence-electron chi connectivity index (χ3n) is 4.61. The van der Waals surface area contributed by atoms with Crippen LogP contribution in [0.3, 0.4) is 0 Å². The van der Waals surface area contributed by atoms with E-state index in [1.54, 1.807) is 12.5 Å². The molecule has 1 aromatic carbocycles. The second kappa shape index (κ2) is 7.39. The van der Waals surface area contributed by atoms with Crippen molar-refractivity contribution in [3.8, 4) is 0 Å². The van der Waals surface area contributed by atoms with E-state index in [4.69, 9.17) is 5.73 Å². The van der Waals surface area contributed by atoms with Gasteiger partial charge in [0.2, 0.25) is 0 Å². The molecule has 0 unspecified atom stereocenters. The molecule has 0 spiro atoms. The smallest absolute Gasteiger partial charge is 0.163 e. The number of nitrogen functional groups attached to an aromatic ring is 1. The molecular formula is C20H22N6. The van der Waals surface area contributed by atoms with Crippen molar-refractivity contribution >= 4 is 23.1 Å². The summed E-state index contributed by atoms with van der Waals surface area (Å²) in [5, 5.41) is 0. The fraction of sp³-hybridized carbons (Fsp3) is 0.250. The van der Waals surface area contributed by atoms with Crippen molar-refractivity contribution in [3.05, 3.63) is 66.6 Å². The number of anilines is 4. The second-order valence-corrected chi connectivity index (χ2v) is 6.39. The lowest BCUT2D eigenvalue weighted by Gasteiger charge is -2.26. The Bertz CT molecular complexity index is 847. The zero-order valence-corrected chi connectivity index (χ0v) is 14.6. The molecule has 132 valence electrons. The molecule has 6 heteroatoms. The van der Waals surface area contributed by atoms with Crippen LogP contribution < -0.4 is 15.5 Å². The Labute approximate surface area is 153 Å². The molecule has 1 aliphatic heterocycles. The third kappa shape index (κ3) is 3.31. The van der Waals surface area contributed by atoms with Gasteiger partial charge in [-0.2, -0.15) is 0 Å². The lowest BCUT2D eigenvalue weighted by Crippen LogP contribution is -2.24. The molecule has 4 rings (SSSR count). The number of hydrogen-bond donors (Lipinski definition) is 1. The zero-order chi connectivity index (χ0) is 17.8. The SMILES string of the molecule is Nc1c(N2CCCC2)ncnc1N(Cc1ccccc1)c1ccccn1.